The summed E-state index contributed by atoms with van der Waals surface area (Å²) >= 11 is 0. The second-order valence-corrected chi connectivity index (χ2v) is 3.91. The average molecular weight is 257 g/mol. The zero-order valence-corrected chi connectivity index (χ0v) is 10.8. The Morgan fingerprint density at radius 3 is 2.79 bits per heavy atom. The van der Waals surface area contributed by atoms with Crippen LogP contribution in [-0.2, 0) is 0 Å². The van der Waals surface area contributed by atoms with Gasteiger partial charge in [0, 0.05) is 17.8 Å². The Morgan fingerprint density at radius 2 is 2.16 bits per heavy atom. The number of phenols is 1. The van der Waals surface area contributed by atoms with Gasteiger partial charge < -0.3 is 9.84 Å². The summed E-state index contributed by atoms with van der Waals surface area (Å²) in [6.07, 6.45) is 1.68. The van der Waals surface area contributed by atoms with E-state index in [9.17, 15) is 5.11 Å². The van der Waals surface area contributed by atoms with Gasteiger partial charge >= 0.3 is 0 Å². The summed E-state index contributed by atoms with van der Waals surface area (Å²) in [5.41, 5.74) is 4.13. The van der Waals surface area contributed by atoms with E-state index in [2.05, 4.69) is 15.5 Å². The lowest BCUT2D eigenvalue weighted by atomic mass is 10.1. The van der Waals surface area contributed by atoms with Gasteiger partial charge in [-0.15, -0.1) is 0 Å². The standard InChI is InChI=1S/C14H15N3O2/c1-10(16-17-14-5-3-4-8-15-14)12-7-6-11(19-2)9-13(12)18/h3-9,18H,1-2H3,(H,15,17)/b16-10+. The fourth-order valence-electron chi connectivity index (χ4n) is 1.57. The Morgan fingerprint density at radius 1 is 1.32 bits per heavy atom. The van der Waals surface area contributed by atoms with Gasteiger partial charge in [-0.1, -0.05) is 6.07 Å². The SMILES string of the molecule is COc1ccc(/C(C)=N/Nc2ccccn2)c(O)c1. The first-order valence-electron chi connectivity index (χ1n) is 5.79. The number of nitrogens with one attached hydrogen (secondary N) is 1. The molecule has 98 valence electrons. The quantitative estimate of drug-likeness (QED) is 0.652. The van der Waals surface area contributed by atoms with Crippen LogP contribution in [0.2, 0.25) is 0 Å². The van der Waals surface area contributed by atoms with Gasteiger partial charge in [0.05, 0.1) is 12.8 Å². The maximum Gasteiger partial charge on any atom is 0.146 e. The minimum Gasteiger partial charge on any atom is -0.507 e. The molecule has 2 rings (SSSR count). The van der Waals surface area contributed by atoms with Gasteiger partial charge in [-0.2, -0.15) is 5.10 Å². The van der Waals surface area contributed by atoms with E-state index in [0.29, 0.717) is 22.8 Å². The maximum atomic E-state index is 9.89. The predicted octanol–water partition coefficient (Wildman–Crippen LogP) is 2.63. The number of ether oxygens (including phenoxy) is 1. The number of anilines is 1. The molecule has 0 radical (unpaired) electrons. The lowest BCUT2D eigenvalue weighted by Gasteiger charge is -2.07. The van der Waals surface area contributed by atoms with Crippen LogP contribution in [0, 0.1) is 0 Å². The molecule has 1 heterocycles. The second-order valence-electron chi connectivity index (χ2n) is 3.91. The lowest BCUT2D eigenvalue weighted by Crippen LogP contribution is -2.01. The minimum absolute atomic E-state index is 0.128. The monoisotopic (exact) mass is 257 g/mol. The van der Waals surface area contributed by atoms with Gasteiger partial charge in [0.15, 0.2) is 0 Å². The molecular formula is C14H15N3O2. The minimum atomic E-state index is 0.128. The molecule has 5 heteroatoms. The van der Waals surface area contributed by atoms with Crippen LogP contribution in [0.25, 0.3) is 0 Å². The Bertz CT molecular complexity index is 582. The Kier molecular flexibility index (Phi) is 3.97. The molecule has 0 fully saturated rings. The van der Waals surface area contributed by atoms with Crippen LogP contribution in [0.4, 0.5) is 5.82 Å². The largest absolute Gasteiger partial charge is 0.507 e. The molecule has 19 heavy (non-hydrogen) atoms. The summed E-state index contributed by atoms with van der Waals surface area (Å²) in [4.78, 5) is 4.09. The summed E-state index contributed by atoms with van der Waals surface area (Å²) in [5, 5.41) is 14.1. The van der Waals surface area contributed by atoms with Gasteiger partial charge in [-0.05, 0) is 31.2 Å². The van der Waals surface area contributed by atoms with Crippen molar-refractivity contribution in [2.24, 2.45) is 5.10 Å². The molecule has 0 aliphatic rings. The third-order valence-electron chi connectivity index (χ3n) is 2.60. The van der Waals surface area contributed by atoms with Crippen molar-refractivity contribution >= 4 is 11.5 Å². The molecule has 0 atom stereocenters. The van der Waals surface area contributed by atoms with E-state index in [0.717, 1.165) is 0 Å². The molecule has 1 aromatic carbocycles. The normalized spacial score (nSPS) is 11.2. The van der Waals surface area contributed by atoms with Crippen molar-refractivity contribution in [2.45, 2.75) is 6.92 Å². The van der Waals surface area contributed by atoms with Crippen molar-refractivity contribution in [3.63, 3.8) is 0 Å². The molecule has 0 amide bonds. The molecule has 2 N–H and O–H groups in total. The maximum absolute atomic E-state index is 9.89. The van der Waals surface area contributed by atoms with E-state index in [1.807, 2.05) is 18.2 Å². The van der Waals surface area contributed by atoms with Crippen LogP contribution in [0.15, 0.2) is 47.7 Å². The lowest BCUT2D eigenvalue weighted by molar-refractivity contribution is 0.407. The van der Waals surface area contributed by atoms with Crippen molar-refractivity contribution in [3.05, 3.63) is 48.2 Å². The first-order valence-corrected chi connectivity index (χ1v) is 5.79. The Labute approximate surface area is 111 Å². The first-order chi connectivity index (χ1) is 9.20. The van der Waals surface area contributed by atoms with E-state index >= 15 is 0 Å². The zero-order chi connectivity index (χ0) is 13.7. The van der Waals surface area contributed by atoms with Crippen LogP contribution in [0.3, 0.4) is 0 Å². The van der Waals surface area contributed by atoms with Crippen LogP contribution >= 0.6 is 0 Å². The van der Waals surface area contributed by atoms with E-state index in [1.54, 1.807) is 38.4 Å². The Balaban J connectivity index is 2.17. The highest BCUT2D eigenvalue weighted by atomic mass is 16.5. The molecular weight excluding hydrogens is 242 g/mol. The zero-order valence-electron chi connectivity index (χ0n) is 10.8. The summed E-state index contributed by atoms with van der Waals surface area (Å²) in [6.45, 7) is 1.80. The van der Waals surface area contributed by atoms with Gasteiger partial charge in [-0.3, -0.25) is 5.43 Å². The number of methoxy groups -OCH3 is 1. The number of rotatable bonds is 4. The molecule has 0 unspecified atom stereocenters. The molecule has 0 spiro atoms. The number of hydrazone groups is 1. The smallest absolute Gasteiger partial charge is 0.146 e. The molecule has 5 nitrogen and oxygen atoms in total. The Hall–Kier alpha value is -2.56. The molecule has 0 aliphatic heterocycles. The third kappa shape index (κ3) is 3.22. The molecule has 2 aromatic rings. The number of benzene rings is 1. The van der Waals surface area contributed by atoms with Crippen molar-refractivity contribution < 1.29 is 9.84 Å². The highest BCUT2D eigenvalue weighted by molar-refractivity contribution is 6.01. The van der Waals surface area contributed by atoms with Crippen LogP contribution in [0.1, 0.15) is 12.5 Å². The molecule has 0 saturated heterocycles. The summed E-state index contributed by atoms with van der Waals surface area (Å²) in [6, 6.07) is 10.6. The van der Waals surface area contributed by atoms with E-state index < -0.39 is 0 Å². The summed E-state index contributed by atoms with van der Waals surface area (Å²) in [5.74, 6) is 1.38. The highest BCUT2D eigenvalue weighted by Crippen LogP contribution is 2.23. The number of hydrogen-bond acceptors (Lipinski definition) is 5. The van der Waals surface area contributed by atoms with Crippen molar-refractivity contribution in [1.29, 1.82) is 0 Å². The topological polar surface area (TPSA) is 66.7 Å². The first kappa shape index (κ1) is 12.9. The number of phenolic OH excluding ortho intramolecular Hbond substituents is 1. The highest BCUT2D eigenvalue weighted by Gasteiger charge is 2.06. The van der Waals surface area contributed by atoms with Crippen molar-refractivity contribution in [3.8, 4) is 11.5 Å². The summed E-state index contributed by atoms with van der Waals surface area (Å²) < 4.78 is 5.03. The van der Waals surface area contributed by atoms with Crippen molar-refractivity contribution in [2.75, 3.05) is 12.5 Å². The number of pyridine rings is 1. The number of hydrogen-bond donors (Lipinski definition) is 2. The van der Waals surface area contributed by atoms with Crippen LogP contribution in [0.5, 0.6) is 11.5 Å². The molecule has 0 aliphatic carbocycles. The average Bonchev–Trinajstić information content (AvgIpc) is 2.45. The number of nitrogens with zero attached hydrogens (tertiary/aromatic N) is 2. The van der Waals surface area contributed by atoms with Crippen molar-refractivity contribution in [1.82, 2.24) is 4.98 Å². The van der Waals surface area contributed by atoms with Crippen LogP contribution < -0.4 is 10.2 Å². The van der Waals surface area contributed by atoms with Gasteiger partial charge in [-0.25, -0.2) is 4.98 Å². The number of aromatic hydroxyl groups is 1. The molecule has 1 aromatic heterocycles. The van der Waals surface area contributed by atoms with Crippen LogP contribution in [-0.4, -0.2) is 22.9 Å². The second kappa shape index (κ2) is 5.86. The van der Waals surface area contributed by atoms with E-state index in [4.69, 9.17) is 4.74 Å². The number of aromatic nitrogens is 1. The van der Waals surface area contributed by atoms with Gasteiger partial charge in [0.25, 0.3) is 0 Å². The third-order valence-corrected chi connectivity index (χ3v) is 2.60. The fraction of sp³-hybridized carbons (Fsp3) is 0.143. The molecule has 0 saturated carbocycles. The van der Waals surface area contributed by atoms with E-state index in [-0.39, 0.29) is 5.75 Å². The van der Waals surface area contributed by atoms with Gasteiger partial charge in [0.1, 0.15) is 17.3 Å². The summed E-state index contributed by atoms with van der Waals surface area (Å²) in [7, 11) is 1.55. The van der Waals surface area contributed by atoms with E-state index in [1.165, 1.54) is 0 Å². The fourth-order valence-corrected chi connectivity index (χ4v) is 1.57. The predicted molar refractivity (Wildman–Crippen MR) is 74.7 cm³/mol. The molecule has 0 bridgehead atoms. The van der Waals surface area contributed by atoms with Gasteiger partial charge in [0.2, 0.25) is 0 Å².